The largest absolute Gasteiger partial charge is 0.479 e. The summed E-state index contributed by atoms with van der Waals surface area (Å²) in [7, 11) is 0. The highest BCUT2D eigenvalue weighted by Gasteiger charge is 2.20. The Hall–Kier alpha value is -2.20. The van der Waals surface area contributed by atoms with E-state index in [0.29, 0.717) is 5.56 Å². The minimum Gasteiger partial charge on any atom is -0.479 e. The van der Waals surface area contributed by atoms with Crippen LogP contribution in [-0.2, 0) is 4.79 Å². The third-order valence-electron chi connectivity index (χ3n) is 2.64. The summed E-state index contributed by atoms with van der Waals surface area (Å²) in [6.45, 7) is 0. The molecular weight excluding hydrogens is 235 g/mol. The average Bonchev–Trinajstić information content (AvgIpc) is 2.38. The van der Waals surface area contributed by atoms with E-state index in [0.717, 1.165) is 5.56 Å². The topological polar surface area (TPSA) is 57.5 Å². The predicted molar refractivity (Wildman–Crippen MR) is 64.4 cm³/mol. The standard InChI is InChI=1S/C14H11FO3/c15-12-8-10(9-4-2-1-3-5-9)6-7-11(12)13(16)14(17)18/h1-8,13,16H,(H,17,18). The highest BCUT2D eigenvalue weighted by Crippen LogP contribution is 2.24. The van der Waals surface area contributed by atoms with Crippen LogP contribution in [0.2, 0.25) is 0 Å². The van der Waals surface area contributed by atoms with Crippen LogP contribution in [0.1, 0.15) is 11.7 Å². The molecule has 0 bridgehead atoms. The van der Waals surface area contributed by atoms with Crippen LogP contribution in [-0.4, -0.2) is 16.2 Å². The van der Waals surface area contributed by atoms with Crippen molar-refractivity contribution in [1.29, 1.82) is 0 Å². The monoisotopic (exact) mass is 246 g/mol. The second kappa shape index (κ2) is 4.98. The number of halogens is 1. The summed E-state index contributed by atoms with van der Waals surface area (Å²) in [5.41, 5.74) is 1.23. The molecule has 0 aromatic heterocycles. The number of aliphatic hydroxyl groups excluding tert-OH is 1. The Bertz CT molecular complexity index is 567. The second-order valence-electron chi connectivity index (χ2n) is 3.84. The van der Waals surface area contributed by atoms with Gasteiger partial charge in [-0.1, -0.05) is 42.5 Å². The molecule has 0 aliphatic rings. The summed E-state index contributed by atoms with van der Waals surface area (Å²) in [5, 5.41) is 17.9. The Morgan fingerprint density at radius 3 is 2.28 bits per heavy atom. The van der Waals surface area contributed by atoms with Crippen molar-refractivity contribution in [3.05, 3.63) is 59.9 Å². The molecule has 0 radical (unpaired) electrons. The zero-order valence-corrected chi connectivity index (χ0v) is 9.38. The van der Waals surface area contributed by atoms with Gasteiger partial charge in [-0.25, -0.2) is 9.18 Å². The van der Waals surface area contributed by atoms with E-state index in [1.807, 2.05) is 30.3 Å². The predicted octanol–water partition coefficient (Wildman–Crippen LogP) is 2.61. The molecule has 0 amide bonds. The molecule has 4 heteroatoms. The van der Waals surface area contributed by atoms with Crippen molar-refractivity contribution in [1.82, 2.24) is 0 Å². The molecule has 0 fully saturated rings. The third-order valence-corrected chi connectivity index (χ3v) is 2.64. The van der Waals surface area contributed by atoms with E-state index in [2.05, 4.69) is 0 Å². The van der Waals surface area contributed by atoms with E-state index < -0.39 is 17.9 Å². The van der Waals surface area contributed by atoms with Gasteiger partial charge < -0.3 is 10.2 Å². The van der Waals surface area contributed by atoms with Gasteiger partial charge in [0.05, 0.1) is 0 Å². The van der Waals surface area contributed by atoms with Gasteiger partial charge in [0.25, 0.3) is 0 Å². The van der Waals surface area contributed by atoms with E-state index in [4.69, 9.17) is 5.11 Å². The first kappa shape index (κ1) is 12.3. The summed E-state index contributed by atoms with van der Waals surface area (Å²) in [4.78, 5) is 10.6. The smallest absolute Gasteiger partial charge is 0.337 e. The van der Waals surface area contributed by atoms with Crippen molar-refractivity contribution in [3.8, 4) is 11.1 Å². The van der Waals surface area contributed by atoms with Gasteiger partial charge in [-0.05, 0) is 17.2 Å². The SMILES string of the molecule is O=C(O)C(O)c1ccc(-c2ccccc2)cc1F. The zero-order valence-electron chi connectivity index (χ0n) is 9.38. The van der Waals surface area contributed by atoms with Crippen molar-refractivity contribution in [2.45, 2.75) is 6.10 Å². The highest BCUT2D eigenvalue weighted by atomic mass is 19.1. The molecule has 0 aliphatic heterocycles. The molecular formula is C14H11FO3. The molecule has 3 nitrogen and oxygen atoms in total. The number of carboxylic acids is 1. The minimum atomic E-state index is -1.84. The maximum absolute atomic E-state index is 13.7. The fourth-order valence-electron chi connectivity index (χ4n) is 1.69. The molecule has 2 aromatic rings. The summed E-state index contributed by atoms with van der Waals surface area (Å²) in [5.74, 6) is -2.20. The molecule has 0 aliphatic carbocycles. The van der Waals surface area contributed by atoms with Crippen LogP contribution in [0.25, 0.3) is 11.1 Å². The van der Waals surface area contributed by atoms with Crippen molar-refractivity contribution >= 4 is 5.97 Å². The zero-order chi connectivity index (χ0) is 13.1. The molecule has 18 heavy (non-hydrogen) atoms. The lowest BCUT2D eigenvalue weighted by Crippen LogP contribution is -2.12. The molecule has 0 saturated heterocycles. The van der Waals surface area contributed by atoms with E-state index in [1.54, 1.807) is 6.07 Å². The number of aliphatic hydroxyl groups is 1. The van der Waals surface area contributed by atoms with Crippen LogP contribution < -0.4 is 0 Å². The Kier molecular flexibility index (Phi) is 3.39. The first-order valence-electron chi connectivity index (χ1n) is 5.35. The third kappa shape index (κ3) is 2.38. The van der Waals surface area contributed by atoms with Gasteiger partial charge in [0, 0.05) is 5.56 Å². The van der Waals surface area contributed by atoms with E-state index in [-0.39, 0.29) is 5.56 Å². The molecule has 92 valence electrons. The summed E-state index contributed by atoms with van der Waals surface area (Å²) in [6, 6.07) is 13.2. The lowest BCUT2D eigenvalue weighted by atomic mass is 10.0. The quantitative estimate of drug-likeness (QED) is 0.875. The molecule has 2 rings (SSSR count). The van der Waals surface area contributed by atoms with Gasteiger partial charge in [-0.3, -0.25) is 0 Å². The normalized spacial score (nSPS) is 12.1. The number of hydrogen-bond acceptors (Lipinski definition) is 2. The number of rotatable bonds is 3. The van der Waals surface area contributed by atoms with Crippen LogP contribution in [0, 0.1) is 5.82 Å². The number of aliphatic carboxylic acids is 1. The highest BCUT2D eigenvalue weighted by molar-refractivity contribution is 5.74. The molecule has 1 unspecified atom stereocenters. The van der Waals surface area contributed by atoms with Crippen molar-refractivity contribution < 1.29 is 19.4 Å². The number of hydrogen-bond donors (Lipinski definition) is 2. The number of benzene rings is 2. The Morgan fingerprint density at radius 2 is 1.72 bits per heavy atom. The average molecular weight is 246 g/mol. The fourth-order valence-corrected chi connectivity index (χ4v) is 1.69. The molecule has 0 saturated carbocycles. The van der Waals surface area contributed by atoms with Gasteiger partial charge in [0.2, 0.25) is 0 Å². The van der Waals surface area contributed by atoms with Gasteiger partial charge in [-0.2, -0.15) is 0 Å². The minimum absolute atomic E-state index is 0.234. The summed E-state index contributed by atoms with van der Waals surface area (Å²) >= 11 is 0. The maximum Gasteiger partial charge on any atom is 0.337 e. The molecule has 1 atom stereocenters. The fraction of sp³-hybridized carbons (Fsp3) is 0.0714. The van der Waals surface area contributed by atoms with Gasteiger partial charge in [0.15, 0.2) is 6.10 Å². The first-order chi connectivity index (χ1) is 8.59. The van der Waals surface area contributed by atoms with Gasteiger partial charge in [0.1, 0.15) is 5.82 Å². The maximum atomic E-state index is 13.7. The lowest BCUT2D eigenvalue weighted by molar-refractivity contribution is -0.147. The Morgan fingerprint density at radius 1 is 1.06 bits per heavy atom. The summed E-state index contributed by atoms with van der Waals surface area (Å²) in [6.07, 6.45) is -1.84. The van der Waals surface area contributed by atoms with Crippen LogP contribution >= 0.6 is 0 Å². The number of carbonyl (C=O) groups is 1. The Labute approximate surface area is 103 Å². The van der Waals surface area contributed by atoms with Crippen LogP contribution in [0.15, 0.2) is 48.5 Å². The molecule has 2 aromatic carbocycles. The first-order valence-corrected chi connectivity index (χ1v) is 5.35. The Balaban J connectivity index is 2.40. The van der Waals surface area contributed by atoms with Crippen LogP contribution in [0.3, 0.4) is 0 Å². The molecule has 2 N–H and O–H groups in total. The molecule has 0 spiro atoms. The van der Waals surface area contributed by atoms with E-state index in [1.165, 1.54) is 12.1 Å². The van der Waals surface area contributed by atoms with Crippen molar-refractivity contribution in [2.24, 2.45) is 0 Å². The number of carboxylic acid groups (broad SMARTS) is 1. The lowest BCUT2D eigenvalue weighted by Gasteiger charge is -2.09. The van der Waals surface area contributed by atoms with Crippen molar-refractivity contribution in [2.75, 3.05) is 0 Å². The van der Waals surface area contributed by atoms with Crippen LogP contribution in [0.5, 0.6) is 0 Å². The second-order valence-corrected chi connectivity index (χ2v) is 3.84. The molecule has 0 heterocycles. The van der Waals surface area contributed by atoms with Crippen LogP contribution in [0.4, 0.5) is 4.39 Å². The summed E-state index contributed by atoms with van der Waals surface area (Å²) < 4.78 is 13.7. The van der Waals surface area contributed by atoms with Gasteiger partial charge in [-0.15, -0.1) is 0 Å². The van der Waals surface area contributed by atoms with E-state index in [9.17, 15) is 14.3 Å². The van der Waals surface area contributed by atoms with Gasteiger partial charge >= 0.3 is 5.97 Å². The van der Waals surface area contributed by atoms with Crippen molar-refractivity contribution in [3.63, 3.8) is 0 Å². The van der Waals surface area contributed by atoms with E-state index >= 15 is 0 Å².